The summed E-state index contributed by atoms with van der Waals surface area (Å²) in [6, 6.07) is 3.83. The van der Waals surface area contributed by atoms with Gasteiger partial charge in [0.15, 0.2) is 0 Å². The van der Waals surface area contributed by atoms with E-state index in [0.717, 1.165) is 6.07 Å². The van der Waals surface area contributed by atoms with Crippen molar-refractivity contribution >= 4 is 33.6 Å². The highest BCUT2D eigenvalue weighted by Gasteiger charge is 2.31. The van der Waals surface area contributed by atoms with Crippen LogP contribution in [0.4, 0.5) is 5.69 Å². The summed E-state index contributed by atoms with van der Waals surface area (Å²) in [4.78, 5) is 33.9. The summed E-state index contributed by atoms with van der Waals surface area (Å²) in [6.07, 6.45) is 0. The van der Waals surface area contributed by atoms with Crippen molar-refractivity contribution in [3.63, 3.8) is 0 Å². The Morgan fingerprint density at radius 2 is 1.60 bits per heavy atom. The lowest BCUT2D eigenvalue weighted by atomic mass is 10.1. The smallest absolute Gasteiger partial charge is 0.338 e. The molecule has 0 saturated carbocycles. The largest absolute Gasteiger partial charge is 0.459 e. The molecule has 25 heavy (non-hydrogen) atoms. The lowest BCUT2D eigenvalue weighted by molar-refractivity contribution is -0.385. The van der Waals surface area contributed by atoms with E-state index in [1.165, 1.54) is 12.1 Å². The molecule has 0 fully saturated rings. The Labute approximate surface area is 155 Å². The van der Waals surface area contributed by atoms with E-state index in [1.807, 2.05) is 0 Å². The number of ether oxygens (including phenoxy) is 2. The van der Waals surface area contributed by atoms with Crippen LogP contribution in [0.15, 0.2) is 18.2 Å². The fourth-order valence-electron chi connectivity index (χ4n) is 1.86. The van der Waals surface area contributed by atoms with Gasteiger partial charge in [-0.25, -0.2) is 4.79 Å². The Balaban J connectivity index is 3.20. The molecule has 1 unspecified atom stereocenters. The average Bonchev–Trinajstić information content (AvgIpc) is 2.42. The van der Waals surface area contributed by atoms with E-state index >= 15 is 0 Å². The molecule has 8 heteroatoms. The van der Waals surface area contributed by atoms with E-state index in [0.29, 0.717) is 0 Å². The summed E-state index contributed by atoms with van der Waals surface area (Å²) in [7, 11) is 0. The first-order valence-corrected chi connectivity index (χ1v) is 8.51. The number of nitro benzene ring substituents is 1. The van der Waals surface area contributed by atoms with Crippen LogP contribution in [0, 0.1) is 10.1 Å². The van der Waals surface area contributed by atoms with E-state index in [1.54, 1.807) is 41.5 Å². The molecule has 0 aliphatic carbocycles. The maximum atomic E-state index is 12.2. The molecule has 1 atom stereocenters. The minimum atomic E-state index is -1.03. The van der Waals surface area contributed by atoms with Gasteiger partial charge in [0.05, 0.1) is 16.1 Å². The van der Waals surface area contributed by atoms with Gasteiger partial charge in [-0.2, -0.15) is 0 Å². The number of benzene rings is 1. The predicted molar refractivity (Wildman–Crippen MR) is 95.8 cm³/mol. The van der Waals surface area contributed by atoms with Gasteiger partial charge < -0.3 is 9.47 Å². The van der Waals surface area contributed by atoms with E-state index in [4.69, 9.17) is 9.47 Å². The van der Waals surface area contributed by atoms with Gasteiger partial charge in [0, 0.05) is 6.07 Å². The second-order valence-electron chi connectivity index (χ2n) is 7.43. The van der Waals surface area contributed by atoms with Crippen molar-refractivity contribution in [2.75, 3.05) is 0 Å². The number of carbonyl (C=O) groups excluding carboxylic acids is 2. The molecule has 0 saturated heterocycles. The molecule has 1 rings (SSSR count). The zero-order valence-electron chi connectivity index (χ0n) is 15.1. The fourth-order valence-corrected chi connectivity index (χ4v) is 2.34. The van der Waals surface area contributed by atoms with Gasteiger partial charge in [-0.1, -0.05) is 15.9 Å². The Kier molecular flexibility index (Phi) is 6.33. The number of alkyl halides is 1. The second kappa shape index (κ2) is 7.51. The number of hydrogen-bond donors (Lipinski definition) is 0. The van der Waals surface area contributed by atoms with E-state index in [-0.39, 0.29) is 16.8 Å². The number of halogens is 1. The minimum Gasteiger partial charge on any atom is -0.459 e. The highest BCUT2D eigenvalue weighted by molar-refractivity contribution is 9.09. The molecule has 0 radical (unpaired) electrons. The molecule has 0 N–H and O–H groups in total. The molecule has 0 aromatic heterocycles. The fraction of sp³-hybridized carbons (Fsp3) is 0.529. The van der Waals surface area contributed by atoms with Crippen molar-refractivity contribution in [3.8, 4) is 0 Å². The van der Waals surface area contributed by atoms with Gasteiger partial charge in [-0.3, -0.25) is 14.9 Å². The normalized spacial score (nSPS) is 13.1. The minimum absolute atomic E-state index is 0.0364. The van der Waals surface area contributed by atoms with Crippen molar-refractivity contribution in [1.82, 2.24) is 0 Å². The summed E-state index contributed by atoms with van der Waals surface area (Å²) >= 11 is 3.14. The van der Waals surface area contributed by atoms with Crippen LogP contribution in [0.1, 0.15) is 62.3 Å². The van der Waals surface area contributed by atoms with Crippen LogP contribution >= 0.6 is 15.9 Å². The number of nitro groups is 1. The van der Waals surface area contributed by atoms with Crippen LogP contribution in [0.2, 0.25) is 0 Å². The number of rotatable bonds is 4. The summed E-state index contributed by atoms with van der Waals surface area (Å²) in [5.74, 6) is -1.33. The molecule has 0 aliphatic heterocycles. The molecule has 0 spiro atoms. The third-order valence-electron chi connectivity index (χ3n) is 2.75. The monoisotopic (exact) mass is 415 g/mol. The second-order valence-corrected chi connectivity index (χ2v) is 8.34. The van der Waals surface area contributed by atoms with Crippen LogP contribution in [0.3, 0.4) is 0 Å². The highest BCUT2D eigenvalue weighted by atomic mass is 79.9. The average molecular weight is 416 g/mol. The van der Waals surface area contributed by atoms with Gasteiger partial charge in [-0.15, -0.1) is 0 Å². The summed E-state index contributed by atoms with van der Waals surface area (Å²) in [5, 5.41) is 11.4. The SMILES string of the molecule is CC(C)(C)OC(=O)c1ccc(C(Br)C(=O)OC(C)(C)C)c([N+](=O)[O-])c1. The summed E-state index contributed by atoms with van der Waals surface area (Å²) < 4.78 is 10.4. The van der Waals surface area contributed by atoms with E-state index in [9.17, 15) is 19.7 Å². The number of carbonyl (C=O) groups is 2. The molecule has 138 valence electrons. The first-order valence-electron chi connectivity index (χ1n) is 7.60. The molecule has 1 aromatic rings. The van der Waals surface area contributed by atoms with Gasteiger partial charge in [0.1, 0.15) is 16.0 Å². The van der Waals surface area contributed by atoms with Crippen LogP contribution in [0.25, 0.3) is 0 Å². The lowest BCUT2D eigenvalue weighted by Gasteiger charge is -2.22. The number of nitrogens with zero attached hydrogens (tertiary/aromatic N) is 1. The molecular formula is C17H22BrNO6. The van der Waals surface area contributed by atoms with Crippen LogP contribution in [0.5, 0.6) is 0 Å². The van der Waals surface area contributed by atoms with Gasteiger partial charge in [-0.05, 0) is 53.7 Å². The molecule has 0 amide bonds. The lowest BCUT2D eigenvalue weighted by Crippen LogP contribution is -2.26. The van der Waals surface area contributed by atoms with Crippen LogP contribution < -0.4 is 0 Å². The molecule has 0 heterocycles. The Bertz CT molecular complexity index is 687. The standard InChI is InChI=1S/C17H22BrNO6/c1-16(2,3)24-14(20)10-7-8-11(12(9-10)19(22)23)13(18)15(21)25-17(4,5)6/h7-9,13H,1-6H3. The van der Waals surface area contributed by atoms with Crippen LogP contribution in [-0.4, -0.2) is 28.1 Å². The van der Waals surface area contributed by atoms with E-state index in [2.05, 4.69) is 15.9 Å². The third-order valence-corrected chi connectivity index (χ3v) is 3.62. The molecule has 0 aliphatic rings. The maximum absolute atomic E-state index is 12.2. The Hall–Kier alpha value is -1.96. The molecule has 0 bridgehead atoms. The zero-order chi connectivity index (χ0) is 19.6. The van der Waals surface area contributed by atoms with Gasteiger partial charge in [0.25, 0.3) is 5.69 Å². The Morgan fingerprint density at radius 3 is 2.04 bits per heavy atom. The zero-order valence-corrected chi connectivity index (χ0v) is 16.7. The number of esters is 2. The first kappa shape index (κ1) is 21.1. The van der Waals surface area contributed by atoms with Gasteiger partial charge in [0.2, 0.25) is 0 Å². The maximum Gasteiger partial charge on any atom is 0.338 e. The van der Waals surface area contributed by atoms with Crippen LogP contribution in [-0.2, 0) is 14.3 Å². The topological polar surface area (TPSA) is 95.7 Å². The third kappa shape index (κ3) is 6.45. The molecule has 7 nitrogen and oxygen atoms in total. The van der Waals surface area contributed by atoms with Crippen molar-refractivity contribution in [1.29, 1.82) is 0 Å². The Morgan fingerprint density at radius 1 is 1.08 bits per heavy atom. The summed E-state index contributed by atoms with van der Waals surface area (Å²) in [6.45, 7) is 10.2. The molecule has 1 aromatic carbocycles. The van der Waals surface area contributed by atoms with Gasteiger partial charge >= 0.3 is 11.9 Å². The quantitative estimate of drug-likeness (QED) is 0.314. The summed E-state index contributed by atoms with van der Waals surface area (Å²) in [5.41, 5.74) is -1.68. The van der Waals surface area contributed by atoms with Crippen molar-refractivity contribution in [2.45, 2.75) is 57.6 Å². The highest BCUT2D eigenvalue weighted by Crippen LogP contribution is 2.34. The predicted octanol–water partition coefficient (Wildman–Crippen LogP) is 4.33. The molecular weight excluding hydrogens is 394 g/mol. The van der Waals surface area contributed by atoms with Crippen molar-refractivity contribution < 1.29 is 24.0 Å². The van der Waals surface area contributed by atoms with Crippen molar-refractivity contribution in [3.05, 3.63) is 39.4 Å². The van der Waals surface area contributed by atoms with Crippen molar-refractivity contribution in [2.24, 2.45) is 0 Å². The number of hydrogen-bond acceptors (Lipinski definition) is 6. The first-order chi connectivity index (χ1) is 11.2. The van der Waals surface area contributed by atoms with E-state index < -0.39 is 32.9 Å².